The number of nitrogens with zero attached hydrogens (tertiary/aromatic N) is 2. The highest BCUT2D eigenvalue weighted by Crippen LogP contribution is 2.38. The Morgan fingerprint density at radius 2 is 2.31 bits per heavy atom. The molecule has 13 heavy (non-hydrogen) atoms. The fraction of sp³-hybridized carbons (Fsp3) is 0.222. The van der Waals surface area contributed by atoms with E-state index < -0.39 is 0 Å². The lowest BCUT2D eigenvalue weighted by Crippen LogP contribution is -2.36. The standard InChI is InChI=1S/C9H9N2S2/c1-10(6-12)11-7-13-9-5-3-2-4-8(9)11/h2-5H,7H2,1H3. The zero-order valence-electron chi connectivity index (χ0n) is 7.23. The average Bonchev–Trinajstić information content (AvgIpc) is 2.60. The van der Waals surface area contributed by atoms with Gasteiger partial charge >= 0.3 is 0 Å². The van der Waals surface area contributed by atoms with Gasteiger partial charge in [0.25, 0.3) is 0 Å². The van der Waals surface area contributed by atoms with E-state index in [1.54, 1.807) is 0 Å². The van der Waals surface area contributed by atoms with Gasteiger partial charge in [0.05, 0.1) is 11.6 Å². The molecular weight excluding hydrogens is 200 g/mol. The van der Waals surface area contributed by atoms with Gasteiger partial charge in [0, 0.05) is 11.9 Å². The van der Waals surface area contributed by atoms with Crippen LogP contribution in [0.2, 0.25) is 0 Å². The van der Waals surface area contributed by atoms with Crippen LogP contribution in [0.5, 0.6) is 0 Å². The van der Waals surface area contributed by atoms with Crippen LogP contribution in [0.4, 0.5) is 5.69 Å². The molecule has 0 unspecified atom stereocenters. The van der Waals surface area contributed by atoms with Gasteiger partial charge in [-0.1, -0.05) is 24.4 Å². The third-order valence-electron chi connectivity index (χ3n) is 1.98. The smallest absolute Gasteiger partial charge is 0.157 e. The van der Waals surface area contributed by atoms with Crippen LogP contribution in [-0.4, -0.2) is 23.4 Å². The zero-order chi connectivity index (χ0) is 9.26. The first-order valence-electron chi connectivity index (χ1n) is 3.93. The molecule has 1 aromatic rings. The number of hydrazine groups is 1. The lowest BCUT2D eigenvalue weighted by molar-refractivity contribution is 0.508. The van der Waals surface area contributed by atoms with Crippen molar-refractivity contribution < 1.29 is 0 Å². The van der Waals surface area contributed by atoms with Crippen LogP contribution in [0.1, 0.15) is 0 Å². The van der Waals surface area contributed by atoms with E-state index in [0.717, 1.165) is 5.88 Å². The predicted molar refractivity (Wildman–Crippen MR) is 60.0 cm³/mol. The number of fused-ring (bicyclic) bond motifs is 1. The second-order valence-corrected chi connectivity index (χ2v) is 3.92. The van der Waals surface area contributed by atoms with Crippen LogP contribution in [0, 0.1) is 0 Å². The first-order chi connectivity index (χ1) is 6.33. The van der Waals surface area contributed by atoms with Crippen molar-refractivity contribution in [1.82, 2.24) is 5.01 Å². The second-order valence-electron chi connectivity index (χ2n) is 2.76. The molecule has 2 rings (SSSR count). The first-order valence-corrected chi connectivity index (χ1v) is 5.33. The third kappa shape index (κ3) is 1.51. The van der Waals surface area contributed by atoms with Crippen molar-refractivity contribution in [1.29, 1.82) is 0 Å². The highest BCUT2D eigenvalue weighted by molar-refractivity contribution is 7.99. The normalized spacial score (nSPS) is 14.1. The van der Waals surface area contributed by atoms with E-state index in [9.17, 15) is 0 Å². The number of benzene rings is 1. The van der Waals surface area contributed by atoms with Crippen LogP contribution in [-0.2, 0) is 0 Å². The Balaban J connectivity index is 2.33. The number of rotatable bonds is 2. The van der Waals surface area contributed by atoms with Gasteiger partial charge in [-0.15, -0.1) is 11.8 Å². The largest absolute Gasteiger partial charge is 0.274 e. The Morgan fingerprint density at radius 1 is 1.54 bits per heavy atom. The molecule has 0 atom stereocenters. The minimum Gasteiger partial charge on any atom is -0.274 e. The molecule has 0 saturated heterocycles. The number of anilines is 1. The Hall–Kier alpha value is -0.740. The SMILES string of the molecule is CN([C]=S)N1CSc2ccccc21. The van der Waals surface area contributed by atoms with Crippen molar-refractivity contribution in [3.63, 3.8) is 0 Å². The van der Waals surface area contributed by atoms with E-state index in [1.807, 2.05) is 29.9 Å². The molecular formula is C9H9N2S2. The van der Waals surface area contributed by atoms with Gasteiger partial charge < -0.3 is 0 Å². The lowest BCUT2D eigenvalue weighted by Gasteiger charge is -2.26. The molecule has 1 heterocycles. The topological polar surface area (TPSA) is 6.48 Å². The molecule has 0 amide bonds. The summed E-state index contributed by atoms with van der Waals surface area (Å²) in [5.74, 6) is 0.916. The average molecular weight is 209 g/mol. The van der Waals surface area contributed by atoms with E-state index >= 15 is 0 Å². The maximum absolute atomic E-state index is 4.77. The minimum absolute atomic E-state index is 0.916. The fourth-order valence-corrected chi connectivity index (χ4v) is 2.46. The van der Waals surface area contributed by atoms with Gasteiger partial charge in [-0.3, -0.25) is 10.0 Å². The first kappa shape index (κ1) is 8.84. The molecule has 0 bridgehead atoms. The van der Waals surface area contributed by atoms with E-state index in [2.05, 4.69) is 28.7 Å². The molecule has 1 aliphatic rings. The number of para-hydroxylation sites is 1. The van der Waals surface area contributed by atoms with E-state index in [4.69, 9.17) is 12.2 Å². The second kappa shape index (κ2) is 3.55. The summed E-state index contributed by atoms with van der Waals surface area (Å²) in [5, 5.41) is 3.92. The number of thioether (sulfide) groups is 1. The van der Waals surface area contributed by atoms with Gasteiger partial charge in [-0.2, -0.15) is 0 Å². The monoisotopic (exact) mass is 209 g/mol. The van der Waals surface area contributed by atoms with Crippen molar-refractivity contribution in [2.75, 3.05) is 17.9 Å². The summed E-state index contributed by atoms with van der Waals surface area (Å²) in [6.45, 7) is 0. The van der Waals surface area contributed by atoms with Crippen LogP contribution in [0.15, 0.2) is 29.2 Å². The number of hydrogen-bond donors (Lipinski definition) is 0. The maximum Gasteiger partial charge on any atom is 0.157 e. The zero-order valence-corrected chi connectivity index (χ0v) is 8.86. The predicted octanol–water partition coefficient (Wildman–Crippen LogP) is 2.24. The molecule has 4 heteroatoms. The molecule has 0 aromatic heterocycles. The van der Waals surface area contributed by atoms with Crippen molar-refractivity contribution in [3.8, 4) is 0 Å². The van der Waals surface area contributed by atoms with E-state index in [-0.39, 0.29) is 0 Å². The quantitative estimate of drug-likeness (QED) is 0.544. The molecule has 1 aliphatic heterocycles. The highest BCUT2D eigenvalue weighted by Gasteiger charge is 2.20. The third-order valence-corrected chi connectivity index (χ3v) is 3.27. The van der Waals surface area contributed by atoms with Crippen molar-refractivity contribution in [2.24, 2.45) is 0 Å². The minimum atomic E-state index is 0.916. The molecule has 2 nitrogen and oxygen atoms in total. The molecule has 0 fully saturated rings. The van der Waals surface area contributed by atoms with Gasteiger partial charge in [0.2, 0.25) is 0 Å². The van der Waals surface area contributed by atoms with Gasteiger partial charge in [-0.05, 0) is 12.1 Å². The molecule has 0 aliphatic carbocycles. The van der Waals surface area contributed by atoms with Crippen LogP contribution < -0.4 is 5.01 Å². The van der Waals surface area contributed by atoms with Crippen LogP contribution >= 0.6 is 24.0 Å². The Labute approximate surface area is 87.5 Å². The van der Waals surface area contributed by atoms with Gasteiger partial charge in [0.1, 0.15) is 0 Å². The lowest BCUT2D eigenvalue weighted by atomic mass is 10.3. The van der Waals surface area contributed by atoms with Crippen molar-refractivity contribution in [2.45, 2.75) is 4.90 Å². The molecule has 67 valence electrons. The maximum atomic E-state index is 4.77. The Bertz CT molecular complexity index is 327. The summed E-state index contributed by atoms with van der Waals surface area (Å²) < 4.78 is 0. The van der Waals surface area contributed by atoms with Crippen LogP contribution in [0.3, 0.4) is 0 Å². The van der Waals surface area contributed by atoms with Gasteiger partial charge in [0.15, 0.2) is 5.49 Å². The van der Waals surface area contributed by atoms with E-state index in [0.29, 0.717) is 0 Å². The van der Waals surface area contributed by atoms with E-state index in [1.165, 1.54) is 10.6 Å². The molecule has 1 aromatic carbocycles. The molecule has 0 spiro atoms. The molecule has 1 radical (unpaired) electrons. The Morgan fingerprint density at radius 3 is 3.08 bits per heavy atom. The number of hydrogen-bond acceptors (Lipinski definition) is 3. The summed E-state index contributed by atoms with van der Waals surface area (Å²) in [4.78, 5) is 1.31. The van der Waals surface area contributed by atoms with Crippen LogP contribution in [0.25, 0.3) is 0 Å². The molecule has 0 N–H and O–H groups in total. The summed E-state index contributed by atoms with van der Waals surface area (Å²) in [5.41, 5.74) is 3.89. The summed E-state index contributed by atoms with van der Waals surface area (Å²) in [7, 11) is 1.91. The molecule has 0 saturated carbocycles. The van der Waals surface area contributed by atoms with Gasteiger partial charge in [-0.25, -0.2) is 0 Å². The fourth-order valence-electron chi connectivity index (χ4n) is 1.29. The summed E-state index contributed by atoms with van der Waals surface area (Å²) >= 11 is 6.58. The summed E-state index contributed by atoms with van der Waals surface area (Å²) in [6, 6.07) is 8.31. The number of thiocarbonyl (C=S) groups is 1. The highest BCUT2D eigenvalue weighted by atomic mass is 32.2. The van der Waals surface area contributed by atoms with Crippen molar-refractivity contribution in [3.05, 3.63) is 24.3 Å². The van der Waals surface area contributed by atoms with Crippen molar-refractivity contribution >= 4 is 35.2 Å². The Kier molecular flexibility index (Phi) is 2.42. The summed E-state index contributed by atoms with van der Waals surface area (Å²) in [6.07, 6.45) is 0.